The minimum Gasteiger partial charge on any atom is -0.309 e. The van der Waals surface area contributed by atoms with Crippen LogP contribution in [0.25, 0.3) is 10.9 Å². The lowest BCUT2D eigenvalue weighted by Gasteiger charge is -2.37. The van der Waals surface area contributed by atoms with Gasteiger partial charge in [-0.1, -0.05) is 23.7 Å². The number of nitrogens with one attached hydrogen (secondary N) is 1. The first-order valence-corrected chi connectivity index (χ1v) is 9.99. The quantitative estimate of drug-likeness (QED) is 0.743. The molecular formula is C19H21ClN4OS. The molecule has 26 heavy (non-hydrogen) atoms. The van der Waals surface area contributed by atoms with E-state index in [1.54, 1.807) is 11.3 Å². The van der Waals surface area contributed by atoms with Crippen molar-refractivity contribution >= 4 is 33.8 Å². The molecule has 0 amide bonds. The van der Waals surface area contributed by atoms with Gasteiger partial charge in [-0.3, -0.25) is 14.6 Å². The first-order chi connectivity index (χ1) is 12.6. The molecule has 0 bridgehead atoms. The van der Waals surface area contributed by atoms with Crippen LogP contribution in [0.1, 0.15) is 23.7 Å². The van der Waals surface area contributed by atoms with Crippen LogP contribution in [0.15, 0.2) is 41.2 Å². The molecule has 1 fully saturated rings. The number of piperazine rings is 1. The molecule has 7 heteroatoms. The highest BCUT2D eigenvalue weighted by molar-refractivity contribution is 7.16. The largest absolute Gasteiger partial charge is 0.309 e. The summed E-state index contributed by atoms with van der Waals surface area (Å²) < 4.78 is 0.846. The van der Waals surface area contributed by atoms with E-state index in [2.05, 4.69) is 32.8 Å². The predicted molar refractivity (Wildman–Crippen MR) is 107 cm³/mol. The van der Waals surface area contributed by atoms with Gasteiger partial charge in [0.2, 0.25) is 0 Å². The molecule has 136 valence electrons. The molecule has 1 saturated heterocycles. The van der Waals surface area contributed by atoms with Gasteiger partial charge in [0.15, 0.2) is 0 Å². The number of fused-ring (bicyclic) bond motifs is 1. The third-order valence-corrected chi connectivity index (χ3v) is 6.21. The molecule has 1 unspecified atom stereocenters. The number of para-hydroxylation sites is 1. The number of H-pyrrole nitrogens is 1. The second kappa shape index (κ2) is 7.48. The van der Waals surface area contributed by atoms with E-state index in [0.29, 0.717) is 5.39 Å². The molecule has 1 aliphatic heterocycles. The van der Waals surface area contributed by atoms with Crippen molar-refractivity contribution in [2.75, 3.05) is 26.2 Å². The van der Waals surface area contributed by atoms with Crippen LogP contribution < -0.4 is 5.56 Å². The average molecular weight is 389 g/mol. The number of aromatic nitrogens is 2. The Hall–Kier alpha value is -1.73. The Morgan fingerprint density at radius 1 is 1.19 bits per heavy atom. The first-order valence-electron chi connectivity index (χ1n) is 8.80. The maximum absolute atomic E-state index is 12.3. The van der Waals surface area contributed by atoms with Crippen molar-refractivity contribution in [3.8, 4) is 0 Å². The van der Waals surface area contributed by atoms with Crippen molar-refractivity contribution in [3.05, 3.63) is 61.8 Å². The van der Waals surface area contributed by atoms with Gasteiger partial charge in [0.1, 0.15) is 5.82 Å². The summed E-state index contributed by atoms with van der Waals surface area (Å²) in [7, 11) is 0. The number of halogens is 1. The molecule has 1 aromatic carbocycles. The van der Waals surface area contributed by atoms with Gasteiger partial charge < -0.3 is 4.98 Å². The third kappa shape index (κ3) is 3.69. The molecule has 0 saturated carbocycles. The van der Waals surface area contributed by atoms with Crippen molar-refractivity contribution in [1.82, 2.24) is 19.8 Å². The van der Waals surface area contributed by atoms with Crippen molar-refractivity contribution in [2.45, 2.75) is 19.5 Å². The van der Waals surface area contributed by atoms with Gasteiger partial charge in [-0.25, -0.2) is 4.98 Å². The third-order valence-electron chi connectivity index (χ3n) is 4.99. The number of nitrogens with zero attached hydrogens (tertiary/aromatic N) is 3. The molecule has 4 rings (SSSR count). The van der Waals surface area contributed by atoms with Gasteiger partial charge in [0.25, 0.3) is 5.56 Å². The normalized spacial score (nSPS) is 17.6. The number of aromatic amines is 1. The standard InChI is InChI=1S/C19H21ClN4OS/c1-13(18-21-16-5-3-2-4-15(16)19(25)22-18)24-10-8-23(9-11-24)12-14-6-7-17(20)26-14/h2-7,13H,8-12H2,1H3,(H,21,22,25). The van der Waals surface area contributed by atoms with Gasteiger partial charge in [-0.2, -0.15) is 0 Å². The van der Waals surface area contributed by atoms with Gasteiger partial charge in [0, 0.05) is 37.6 Å². The van der Waals surface area contributed by atoms with E-state index in [9.17, 15) is 4.79 Å². The Bertz CT molecular complexity index is 961. The fraction of sp³-hybridized carbons (Fsp3) is 0.368. The first kappa shape index (κ1) is 17.7. The smallest absolute Gasteiger partial charge is 0.258 e. The fourth-order valence-electron chi connectivity index (χ4n) is 3.44. The van der Waals surface area contributed by atoms with Gasteiger partial charge in [0.05, 0.1) is 21.3 Å². The average Bonchev–Trinajstić information content (AvgIpc) is 3.06. The molecule has 2 aromatic heterocycles. The van der Waals surface area contributed by atoms with E-state index in [1.807, 2.05) is 30.3 Å². The van der Waals surface area contributed by atoms with Crippen LogP contribution >= 0.6 is 22.9 Å². The summed E-state index contributed by atoms with van der Waals surface area (Å²) in [5.41, 5.74) is 0.692. The summed E-state index contributed by atoms with van der Waals surface area (Å²) in [6, 6.07) is 11.6. The molecule has 1 N–H and O–H groups in total. The number of hydrogen-bond acceptors (Lipinski definition) is 5. The van der Waals surface area contributed by atoms with Crippen LogP contribution in [0, 0.1) is 0 Å². The highest BCUT2D eigenvalue weighted by atomic mass is 35.5. The Kier molecular flexibility index (Phi) is 5.09. The van der Waals surface area contributed by atoms with Crippen molar-refractivity contribution < 1.29 is 0 Å². The van der Waals surface area contributed by atoms with Crippen LogP contribution in [-0.2, 0) is 6.54 Å². The van der Waals surface area contributed by atoms with Crippen molar-refractivity contribution in [2.24, 2.45) is 0 Å². The number of hydrogen-bond donors (Lipinski definition) is 1. The molecule has 1 aliphatic rings. The van der Waals surface area contributed by atoms with Gasteiger partial charge >= 0.3 is 0 Å². The summed E-state index contributed by atoms with van der Waals surface area (Å²) in [4.78, 5) is 26.1. The zero-order valence-electron chi connectivity index (χ0n) is 14.6. The Morgan fingerprint density at radius 3 is 2.69 bits per heavy atom. The topological polar surface area (TPSA) is 52.2 Å². The maximum atomic E-state index is 12.3. The highest BCUT2D eigenvalue weighted by Gasteiger charge is 2.24. The van der Waals surface area contributed by atoms with Crippen LogP contribution in [0.5, 0.6) is 0 Å². The lowest BCUT2D eigenvalue weighted by atomic mass is 10.2. The minimum absolute atomic E-state index is 0.0642. The zero-order valence-corrected chi connectivity index (χ0v) is 16.2. The molecule has 3 aromatic rings. The van der Waals surface area contributed by atoms with Crippen LogP contribution in [0.4, 0.5) is 0 Å². The maximum Gasteiger partial charge on any atom is 0.258 e. The molecule has 3 heterocycles. The molecular weight excluding hydrogens is 368 g/mol. The molecule has 5 nitrogen and oxygen atoms in total. The minimum atomic E-state index is -0.0642. The molecule has 1 atom stereocenters. The van der Waals surface area contributed by atoms with E-state index < -0.39 is 0 Å². The number of benzene rings is 1. The Labute approximate surface area is 161 Å². The second-order valence-corrected chi connectivity index (χ2v) is 8.46. The summed E-state index contributed by atoms with van der Waals surface area (Å²) in [5, 5.41) is 0.642. The lowest BCUT2D eigenvalue weighted by molar-refractivity contribution is 0.0954. The van der Waals surface area contributed by atoms with Crippen molar-refractivity contribution in [3.63, 3.8) is 0 Å². The van der Waals surface area contributed by atoms with Crippen LogP contribution in [-0.4, -0.2) is 45.9 Å². The van der Waals surface area contributed by atoms with Gasteiger partial charge in [-0.15, -0.1) is 11.3 Å². The van der Waals surface area contributed by atoms with E-state index in [-0.39, 0.29) is 11.6 Å². The highest BCUT2D eigenvalue weighted by Crippen LogP contribution is 2.24. The summed E-state index contributed by atoms with van der Waals surface area (Å²) in [6.45, 7) is 6.97. The summed E-state index contributed by atoms with van der Waals surface area (Å²) in [5.74, 6) is 0.743. The van der Waals surface area contributed by atoms with E-state index >= 15 is 0 Å². The molecule has 0 aliphatic carbocycles. The van der Waals surface area contributed by atoms with Crippen molar-refractivity contribution in [1.29, 1.82) is 0 Å². The monoisotopic (exact) mass is 388 g/mol. The summed E-state index contributed by atoms with van der Waals surface area (Å²) in [6.07, 6.45) is 0. The molecule has 0 spiro atoms. The van der Waals surface area contributed by atoms with E-state index in [0.717, 1.165) is 48.4 Å². The lowest BCUT2D eigenvalue weighted by Crippen LogP contribution is -2.47. The van der Waals surface area contributed by atoms with Crippen LogP contribution in [0.3, 0.4) is 0 Å². The fourth-order valence-corrected chi connectivity index (χ4v) is 4.57. The Morgan fingerprint density at radius 2 is 1.96 bits per heavy atom. The SMILES string of the molecule is CC(c1nc2ccccc2c(=O)[nH]1)N1CCN(Cc2ccc(Cl)s2)CC1. The van der Waals surface area contributed by atoms with Gasteiger partial charge in [-0.05, 0) is 31.2 Å². The molecule has 0 radical (unpaired) electrons. The Balaban J connectivity index is 1.43. The summed E-state index contributed by atoms with van der Waals surface area (Å²) >= 11 is 7.67. The van der Waals surface area contributed by atoms with E-state index in [4.69, 9.17) is 11.6 Å². The second-order valence-electron chi connectivity index (χ2n) is 6.66. The zero-order chi connectivity index (χ0) is 18.1. The number of rotatable bonds is 4. The van der Waals surface area contributed by atoms with Crippen LogP contribution in [0.2, 0.25) is 4.34 Å². The number of thiophene rings is 1. The predicted octanol–water partition coefficient (Wildman–Crippen LogP) is 3.52. The van der Waals surface area contributed by atoms with E-state index in [1.165, 1.54) is 4.88 Å².